The molecule has 7 nitrogen and oxygen atoms in total. The molecule has 0 atom stereocenters. The molecular weight excluding hydrogens is 428 g/mol. The van der Waals surface area contributed by atoms with E-state index in [2.05, 4.69) is 26.6 Å². The Labute approximate surface area is 168 Å². The highest BCUT2D eigenvalue weighted by Crippen LogP contribution is 2.22. The summed E-state index contributed by atoms with van der Waals surface area (Å²) in [5, 5.41) is 5.96. The molecule has 3 rings (SSSR count). The number of para-hydroxylation sites is 1. The van der Waals surface area contributed by atoms with E-state index in [9.17, 15) is 14.4 Å². The maximum Gasteiger partial charge on any atom is 0.336 e. The van der Waals surface area contributed by atoms with Crippen LogP contribution in [-0.4, -0.2) is 25.0 Å². The smallest absolute Gasteiger partial charge is 0.336 e. The number of hydrogen-bond acceptors (Lipinski definition) is 5. The number of anilines is 1. The van der Waals surface area contributed by atoms with Gasteiger partial charge in [-0.1, -0.05) is 12.1 Å². The van der Waals surface area contributed by atoms with Crippen molar-refractivity contribution in [2.24, 2.45) is 0 Å². The molecule has 0 saturated carbocycles. The predicted octanol–water partition coefficient (Wildman–Crippen LogP) is 3.00. The van der Waals surface area contributed by atoms with Gasteiger partial charge in [-0.05, 0) is 52.7 Å². The number of hydrogen-bond donors (Lipinski definition) is 2. The number of nitrogens with one attached hydrogen (secondary N) is 2. The summed E-state index contributed by atoms with van der Waals surface area (Å²) in [6.45, 7) is 1.35. The monoisotopic (exact) mass is 444 g/mol. The van der Waals surface area contributed by atoms with Crippen molar-refractivity contribution in [3.8, 4) is 5.75 Å². The number of aryl methyl sites for hydroxylation is 1. The summed E-state index contributed by atoms with van der Waals surface area (Å²) in [6.07, 6.45) is 0. The minimum absolute atomic E-state index is 0.185. The molecule has 0 unspecified atom stereocenters. The molecule has 2 aromatic carbocycles. The quantitative estimate of drug-likeness (QED) is 0.569. The first kappa shape index (κ1) is 19.6. The lowest BCUT2D eigenvalue weighted by atomic mass is 10.1. The van der Waals surface area contributed by atoms with Gasteiger partial charge in [0.05, 0.1) is 12.2 Å². The van der Waals surface area contributed by atoms with E-state index in [1.54, 1.807) is 36.4 Å². The molecule has 0 aliphatic heterocycles. The Bertz CT molecular complexity index is 1090. The van der Waals surface area contributed by atoms with Gasteiger partial charge < -0.3 is 19.8 Å². The maximum absolute atomic E-state index is 11.9. The summed E-state index contributed by atoms with van der Waals surface area (Å²) in [5.41, 5.74) is 1.35. The maximum atomic E-state index is 11.9. The lowest BCUT2D eigenvalue weighted by Crippen LogP contribution is -2.35. The van der Waals surface area contributed by atoms with E-state index in [4.69, 9.17) is 9.15 Å². The van der Waals surface area contributed by atoms with E-state index in [0.717, 1.165) is 15.4 Å². The predicted molar refractivity (Wildman–Crippen MR) is 108 cm³/mol. The third kappa shape index (κ3) is 4.98. The van der Waals surface area contributed by atoms with Crippen LogP contribution < -0.4 is 21.0 Å². The molecule has 0 radical (unpaired) electrons. The Hall–Kier alpha value is -3.13. The molecule has 144 valence electrons. The van der Waals surface area contributed by atoms with E-state index in [1.165, 1.54) is 6.07 Å². The minimum atomic E-state index is -0.451. The van der Waals surface area contributed by atoms with Crippen molar-refractivity contribution in [2.75, 3.05) is 18.5 Å². The number of rotatable bonds is 6. The average molecular weight is 445 g/mol. The fraction of sp³-hybridized carbons (Fsp3) is 0.150. The molecule has 3 aromatic rings. The molecule has 0 spiro atoms. The lowest BCUT2D eigenvalue weighted by molar-refractivity contribution is -0.125. The number of amides is 2. The van der Waals surface area contributed by atoms with Crippen LogP contribution in [0.5, 0.6) is 5.75 Å². The minimum Gasteiger partial charge on any atom is -0.484 e. The molecule has 1 aromatic heterocycles. The van der Waals surface area contributed by atoms with Crippen molar-refractivity contribution < 1.29 is 18.7 Å². The third-order valence-corrected chi connectivity index (χ3v) is 4.58. The average Bonchev–Trinajstić information content (AvgIpc) is 2.66. The van der Waals surface area contributed by atoms with Gasteiger partial charge in [0.2, 0.25) is 5.91 Å². The zero-order valence-electron chi connectivity index (χ0n) is 15.0. The Morgan fingerprint density at radius 2 is 1.89 bits per heavy atom. The Morgan fingerprint density at radius 1 is 1.11 bits per heavy atom. The molecule has 0 aliphatic rings. The van der Waals surface area contributed by atoms with Crippen molar-refractivity contribution in [1.29, 1.82) is 0 Å². The van der Waals surface area contributed by atoms with Crippen molar-refractivity contribution in [3.05, 3.63) is 69.0 Å². The van der Waals surface area contributed by atoms with Crippen molar-refractivity contribution in [1.82, 2.24) is 5.32 Å². The van der Waals surface area contributed by atoms with E-state index in [-0.39, 0.29) is 19.1 Å². The standard InChI is InChI=1S/C20H17BrN2O5/c1-12-8-20(26)28-17-9-13(6-7-14(12)17)27-11-19(25)22-10-18(24)23-16-5-3-2-4-15(16)21/h2-9H,10-11H2,1H3,(H,22,25)(H,23,24). The van der Waals surface area contributed by atoms with E-state index in [1.807, 2.05) is 13.0 Å². The number of carbonyl (C=O) groups is 2. The van der Waals surface area contributed by atoms with Crippen LogP contribution in [0.2, 0.25) is 0 Å². The molecule has 2 N–H and O–H groups in total. The first-order chi connectivity index (χ1) is 13.4. The summed E-state index contributed by atoms with van der Waals surface area (Å²) in [7, 11) is 0. The van der Waals surface area contributed by atoms with Crippen LogP contribution in [0.15, 0.2) is 62.2 Å². The summed E-state index contributed by atoms with van der Waals surface area (Å²) in [5.74, 6) is -0.426. The Balaban J connectivity index is 1.51. The van der Waals surface area contributed by atoms with Crippen LogP contribution in [0.25, 0.3) is 11.0 Å². The fourth-order valence-electron chi connectivity index (χ4n) is 2.53. The molecule has 0 aliphatic carbocycles. The topological polar surface area (TPSA) is 97.6 Å². The fourth-order valence-corrected chi connectivity index (χ4v) is 2.91. The normalized spacial score (nSPS) is 10.5. The highest BCUT2D eigenvalue weighted by molar-refractivity contribution is 9.10. The van der Waals surface area contributed by atoms with Gasteiger partial charge in [0, 0.05) is 22.0 Å². The van der Waals surface area contributed by atoms with Gasteiger partial charge in [-0.25, -0.2) is 4.79 Å². The second-order valence-electron chi connectivity index (χ2n) is 6.00. The van der Waals surface area contributed by atoms with Crippen LogP contribution >= 0.6 is 15.9 Å². The number of fused-ring (bicyclic) bond motifs is 1. The zero-order valence-corrected chi connectivity index (χ0v) is 16.5. The third-order valence-electron chi connectivity index (χ3n) is 3.89. The van der Waals surface area contributed by atoms with E-state index < -0.39 is 11.5 Å². The molecule has 1 heterocycles. The first-order valence-electron chi connectivity index (χ1n) is 8.41. The number of carbonyl (C=O) groups excluding carboxylic acids is 2. The Morgan fingerprint density at radius 3 is 2.68 bits per heavy atom. The van der Waals surface area contributed by atoms with Gasteiger partial charge in [-0.2, -0.15) is 0 Å². The van der Waals surface area contributed by atoms with Gasteiger partial charge >= 0.3 is 5.63 Å². The molecular formula is C20H17BrN2O5. The van der Waals surface area contributed by atoms with Crippen molar-refractivity contribution in [2.45, 2.75) is 6.92 Å². The highest BCUT2D eigenvalue weighted by Gasteiger charge is 2.09. The summed E-state index contributed by atoms with van der Waals surface area (Å²) < 4.78 is 11.3. The van der Waals surface area contributed by atoms with Gasteiger partial charge in [0.25, 0.3) is 5.91 Å². The number of ether oxygens (including phenoxy) is 1. The van der Waals surface area contributed by atoms with Crippen LogP contribution in [0, 0.1) is 6.92 Å². The van der Waals surface area contributed by atoms with E-state index in [0.29, 0.717) is 17.0 Å². The molecule has 0 fully saturated rings. The lowest BCUT2D eigenvalue weighted by Gasteiger charge is -2.10. The zero-order chi connectivity index (χ0) is 20.1. The molecule has 8 heteroatoms. The van der Waals surface area contributed by atoms with Crippen LogP contribution in [0.4, 0.5) is 5.69 Å². The number of benzene rings is 2. The van der Waals surface area contributed by atoms with E-state index >= 15 is 0 Å². The van der Waals surface area contributed by atoms with Gasteiger partial charge in [0.1, 0.15) is 11.3 Å². The largest absolute Gasteiger partial charge is 0.484 e. The molecule has 2 amide bonds. The Kier molecular flexibility index (Phi) is 6.10. The summed E-state index contributed by atoms with van der Waals surface area (Å²) in [6, 6.07) is 13.6. The van der Waals surface area contributed by atoms with Crippen molar-refractivity contribution in [3.63, 3.8) is 0 Å². The second kappa shape index (κ2) is 8.71. The second-order valence-corrected chi connectivity index (χ2v) is 6.85. The van der Waals surface area contributed by atoms with Gasteiger partial charge in [0.15, 0.2) is 6.61 Å². The van der Waals surface area contributed by atoms with Crippen LogP contribution in [0.1, 0.15) is 5.56 Å². The summed E-state index contributed by atoms with van der Waals surface area (Å²) >= 11 is 3.33. The molecule has 0 saturated heterocycles. The first-order valence-corrected chi connectivity index (χ1v) is 9.20. The highest BCUT2D eigenvalue weighted by atomic mass is 79.9. The molecule has 0 bridgehead atoms. The van der Waals surface area contributed by atoms with Gasteiger partial charge in [-0.3, -0.25) is 9.59 Å². The summed E-state index contributed by atoms with van der Waals surface area (Å²) in [4.78, 5) is 35.3. The van der Waals surface area contributed by atoms with Crippen LogP contribution in [-0.2, 0) is 9.59 Å². The van der Waals surface area contributed by atoms with Crippen LogP contribution in [0.3, 0.4) is 0 Å². The van der Waals surface area contributed by atoms with Crippen molar-refractivity contribution >= 4 is 44.4 Å². The van der Waals surface area contributed by atoms with Gasteiger partial charge in [-0.15, -0.1) is 0 Å². The molecule has 28 heavy (non-hydrogen) atoms. The number of halogens is 1. The SMILES string of the molecule is Cc1cc(=O)oc2cc(OCC(=O)NCC(=O)Nc3ccccc3Br)ccc12.